The standard InChI is InChI=1S/C16H22Cl2N2O/c17-13-3-1-2-11(16(13)18)14(19)6-7-20-8-10-4-5-15(21)12(10)9-20/h1-3,10,12,14-15,21H,4-9,19H2. The second-order valence-electron chi connectivity index (χ2n) is 6.37. The van der Waals surface area contributed by atoms with Crippen molar-refractivity contribution in [2.45, 2.75) is 31.4 Å². The molecule has 0 aromatic heterocycles. The molecule has 1 heterocycles. The lowest BCUT2D eigenvalue weighted by Crippen LogP contribution is -2.28. The second-order valence-corrected chi connectivity index (χ2v) is 7.15. The number of hydrogen-bond acceptors (Lipinski definition) is 3. The van der Waals surface area contributed by atoms with Crippen LogP contribution in [0.1, 0.15) is 30.9 Å². The largest absolute Gasteiger partial charge is 0.393 e. The van der Waals surface area contributed by atoms with E-state index in [1.165, 1.54) is 0 Å². The molecule has 5 heteroatoms. The highest BCUT2D eigenvalue weighted by molar-refractivity contribution is 6.42. The predicted octanol–water partition coefficient (Wildman–Crippen LogP) is 3.09. The van der Waals surface area contributed by atoms with E-state index in [9.17, 15) is 5.11 Å². The van der Waals surface area contributed by atoms with Crippen LogP contribution in [-0.4, -0.2) is 35.7 Å². The molecule has 4 atom stereocenters. The van der Waals surface area contributed by atoms with E-state index >= 15 is 0 Å². The zero-order valence-electron chi connectivity index (χ0n) is 12.0. The van der Waals surface area contributed by atoms with Crippen LogP contribution < -0.4 is 5.73 Å². The summed E-state index contributed by atoms with van der Waals surface area (Å²) in [7, 11) is 0. The maximum Gasteiger partial charge on any atom is 0.0640 e. The predicted molar refractivity (Wildman–Crippen MR) is 86.7 cm³/mol. The Morgan fingerprint density at radius 3 is 2.86 bits per heavy atom. The zero-order valence-corrected chi connectivity index (χ0v) is 13.5. The SMILES string of the molecule is NC(CCN1CC2CCC(O)C2C1)c1cccc(Cl)c1Cl. The first-order chi connectivity index (χ1) is 10.1. The van der Waals surface area contributed by atoms with E-state index in [0.717, 1.165) is 44.5 Å². The molecule has 0 amide bonds. The number of benzene rings is 1. The van der Waals surface area contributed by atoms with E-state index in [2.05, 4.69) is 4.90 Å². The minimum Gasteiger partial charge on any atom is -0.393 e. The van der Waals surface area contributed by atoms with Crippen molar-refractivity contribution in [3.63, 3.8) is 0 Å². The molecule has 1 saturated heterocycles. The van der Waals surface area contributed by atoms with E-state index in [0.29, 0.717) is 21.9 Å². The van der Waals surface area contributed by atoms with Crippen LogP contribution in [0.4, 0.5) is 0 Å². The molecule has 3 nitrogen and oxygen atoms in total. The fraction of sp³-hybridized carbons (Fsp3) is 0.625. The van der Waals surface area contributed by atoms with Crippen molar-refractivity contribution in [3.8, 4) is 0 Å². The molecule has 1 aromatic carbocycles. The molecule has 0 radical (unpaired) electrons. The molecule has 3 rings (SSSR count). The van der Waals surface area contributed by atoms with Gasteiger partial charge in [-0.3, -0.25) is 0 Å². The number of rotatable bonds is 4. The Labute approximate surface area is 136 Å². The number of fused-ring (bicyclic) bond motifs is 1. The lowest BCUT2D eigenvalue weighted by Gasteiger charge is -2.21. The fourth-order valence-corrected chi connectivity index (χ4v) is 4.24. The Bertz CT molecular complexity index is 511. The van der Waals surface area contributed by atoms with Crippen molar-refractivity contribution in [2.75, 3.05) is 19.6 Å². The Hall–Kier alpha value is -0.320. The van der Waals surface area contributed by atoms with Crippen LogP contribution in [0, 0.1) is 11.8 Å². The quantitative estimate of drug-likeness (QED) is 0.892. The molecule has 3 N–H and O–H groups in total. The molecular formula is C16H22Cl2N2O. The van der Waals surface area contributed by atoms with Crippen molar-refractivity contribution in [1.82, 2.24) is 4.90 Å². The summed E-state index contributed by atoms with van der Waals surface area (Å²) in [6, 6.07) is 5.52. The molecule has 0 bridgehead atoms. The second kappa shape index (κ2) is 6.43. The van der Waals surface area contributed by atoms with Gasteiger partial charge in [0.2, 0.25) is 0 Å². The van der Waals surface area contributed by atoms with Crippen LogP contribution >= 0.6 is 23.2 Å². The summed E-state index contributed by atoms with van der Waals surface area (Å²) < 4.78 is 0. The first-order valence-corrected chi connectivity index (χ1v) is 8.41. The van der Waals surface area contributed by atoms with Gasteiger partial charge in [-0.15, -0.1) is 0 Å². The van der Waals surface area contributed by atoms with Crippen molar-refractivity contribution < 1.29 is 5.11 Å². The highest BCUT2D eigenvalue weighted by atomic mass is 35.5. The minimum atomic E-state index is -0.101. The Morgan fingerprint density at radius 1 is 1.29 bits per heavy atom. The molecule has 4 unspecified atom stereocenters. The first kappa shape index (κ1) is 15.6. The van der Waals surface area contributed by atoms with E-state index in [-0.39, 0.29) is 12.1 Å². The molecule has 0 spiro atoms. The molecule has 116 valence electrons. The van der Waals surface area contributed by atoms with Crippen molar-refractivity contribution in [1.29, 1.82) is 0 Å². The topological polar surface area (TPSA) is 49.5 Å². The first-order valence-electron chi connectivity index (χ1n) is 7.66. The van der Waals surface area contributed by atoms with Crippen LogP contribution in [0.3, 0.4) is 0 Å². The Balaban J connectivity index is 1.55. The number of nitrogens with two attached hydrogens (primary N) is 1. The number of hydrogen-bond donors (Lipinski definition) is 2. The highest BCUT2D eigenvalue weighted by Gasteiger charge is 2.41. The lowest BCUT2D eigenvalue weighted by molar-refractivity contribution is 0.124. The zero-order chi connectivity index (χ0) is 15.0. The summed E-state index contributed by atoms with van der Waals surface area (Å²) in [6.45, 7) is 3.04. The molecule has 21 heavy (non-hydrogen) atoms. The van der Waals surface area contributed by atoms with Crippen LogP contribution in [0.25, 0.3) is 0 Å². The fourth-order valence-electron chi connectivity index (χ4n) is 3.80. The third kappa shape index (κ3) is 3.22. The third-order valence-corrected chi connectivity index (χ3v) is 5.87. The molecule has 1 aromatic rings. The Morgan fingerprint density at radius 2 is 2.10 bits per heavy atom. The number of nitrogens with zero attached hydrogens (tertiary/aromatic N) is 1. The monoisotopic (exact) mass is 328 g/mol. The van der Waals surface area contributed by atoms with Gasteiger partial charge in [0.05, 0.1) is 16.1 Å². The maximum atomic E-state index is 9.96. The van der Waals surface area contributed by atoms with E-state index in [1.54, 1.807) is 6.07 Å². The number of aliphatic hydroxyl groups is 1. The average Bonchev–Trinajstić information content (AvgIpc) is 3.01. The molecular weight excluding hydrogens is 307 g/mol. The summed E-state index contributed by atoms with van der Waals surface area (Å²) in [4.78, 5) is 2.43. The Kier molecular flexibility index (Phi) is 4.77. The van der Waals surface area contributed by atoms with Gasteiger partial charge in [0.15, 0.2) is 0 Å². The van der Waals surface area contributed by atoms with Crippen LogP contribution in [-0.2, 0) is 0 Å². The van der Waals surface area contributed by atoms with Gasteiger partial charge in [-0.05, 0) is 43.4 Å². The summed E-state index contributed by atoms with van der Waals surface area (Å²) >= 11 is 12.3. The van der Waals surface area contributed by atoms with E-state index < -0.39 is 0 Å². The molecule has 1 saturated carbocycles. The normalized spacial score (nSPS) is 30.6. The lowest BCUT2D eigenvalue weighted by atomic mass is 10.00. The number of aliphatic hydroxyl groups excluding tert-OH is 1. The maximum absolute atomic E-state index is 9.96. The minimum absolute atomic E-state index is 0.0958. The summed E-state index contributed by atoms with van der Waals surface area (Å²) in [6.07, 6.45) is 2.89. The van der Waals surface area contributed by atoms with E-state index in [1.807, 2.05) is 12.1 Å². The van der Waals surface area contributed by atoms with Gasteiger partial charge in [0.25, 0.3) is 0 Å². The number of likely N-dealkylation sites (tertiary alicyclic amines) is 1. The van der Waals surface area contributed by atoms with Gasteiger partial charge in [-0.25, -0.2) is 0 Å². The number of halogens is 2. The summed E-state index contributed by atoms with van der Waals surface area (Å²) in [5, 5.41) is 11.1. The van der Waals surface area contributed by atoms with Crippen LogP contribution in [0.2, 0.25) is 10.0 Å². The molecule has 1 aliphatic carbocycles. The van der Waals surface area contributed by atoms with Crippen molar-refractivity contribution >= 4 is 23.2 Å². The third-order valence-electron chi connectivity index (χ3n) is 5.03. The summed E-state index contributed by atoms with van der Waals surface area (Å²) in [5.41, 5.74) is 7.19. The van der Waals surface area contributed by atoms with Crippen LogP contribution in [0.15, 0.2) is 18.2 Å². The van der Waals surface area contributed by atoms with Crippen molar-refractivity contribution in [3.05, 3.63) is 33.8 Å². The average molecular weight is 329 g/mol. The van der Waals surface area contributed by atoms with E-state index in [4.69, 9.17) is 28.9 Å². The van der Waals surface area contributed by atoms with Crippen molar-refractivity contribution in [2.24, 2.45) is 17.6 Å². The van der Waals surface area contributed by atoms with Crippen LogP contribution in [0.5, 0.6) is 0 Å². The van der Waals surface area contributed by atoms with Gasteiger partial charge in [0, 0.05) is 25.0 Å². The molecule has 2 fully saturated rings. The van der Waals surface area contributed by atoms with Gasteiger partial charge >= 0.3 is 0 Å². The summed E-state index contributed by atoms with van der Waals surface area (Å²) in [5.74, 6) is 1.14. The van der Waals surface area contributed by atoms with Gasteiger partial charge < -0.3 is 15.7 Å². The van der Waals surface area contributed by atoms with Gasteiger partial charge in [-0.1, -0.05) is 35.3 Å². The highest BCUT2D eigenvalue weighted by Crippen LogP contribution is 2.38. The molecule has 2 aliphatic rings. The smallest absolute Gasteiger partial charge is 0.0640 e. The molecule has 1 aliphatic heterocycles. The van der Waals surface area contributed by atoms with Gasteiger partial charge in [-0.2, -0.15) is 0 Å². The van der Waals surface area contributed by atoms with Gasteiger partial charge in [0.1, 0.15) is 0 Å².